The van der Waals surface area contributed by atoms with E-state index in [9.17, 15) is 9.90 Å². The van der Waals surface area contributed by atoms with Gasteiger partial charge in [-0.15, -0.1) is 0 Å². The molecule has 114 valence electrons. The fraction of sp³-hybridized carbons (Fsp3) is 0.562. The van der Waals surface area contributed by atoms with Crippen LogP contribution in [0.15, 0.2) is 18.2 Å². The Bertz CT molecular complexity index is 538. The number of likely N-dealkylation sites (N-methyl/N-ethyl adjacent to an activating group) is 1. The predicted octanol–water partition coefficient (Wildman–Crippen LogP) is 0.903. The van der Waals surface area contributed by atoms with Crippen LogP contribution in [0.3, 0.4) is 0 Å². The van der Waals surface area contributed by atoms with Crippen molar-refractivity contribution in [2.75, 3.05) is 26.8 Å². The van der Waals surface area contributed by atoms with Gasteiger partial charge in [-0.2, -0.15) is 0 Å². The molecule has 2 aliphatic rings. The first kappa shape index (κ1) is 14.5. The molecular formula is C16H22N2O3. The van der Waals surface area contributed by atoms with Gasteiger partial charge in [0.05, 0.1) is 5.60 Å². The summed E-state index contributed by atoms with van der Waals surface area (Å²) in [4.78, 5) is 14.1. The number of nitrogens with one attached hydrogen (secondary N) is 1. The highest BCUT2D eigenvalue weighted by molar-refractivity contribution is 5.94. The predicted molar refractivity (Wildman–Crippen MR) is 78.9 cm³/mol. The van der Waals surface area contributed by atoms with E-state index in [-0.39, 0.29) is 5.91 Å². The molecule has 5 heteroatoms. The lowest BCUT2D eigenvalue weighted by Crippen LogP contribution is -2.47. The monoisotopic (exact) mass is 290 g/mol. The van der Waals surface area contributed by atoms with E-state index in [0.29, 0.717) is 38.2 Å². The van der Waals surface area contributed by atoms with E-state index in [1.165, 1.54) is 11.1 Å². The Labute approximate surface area is 124 Å². The van der Waals surface area contributed by atoms with E-state index in [4.69, 9.17) is 4.74 Å². The molecule has 1 amide bonds. The molecule has 0 spiro atoms. The molecule has 0 aromatic heterocycles. The van der Waals surface area contributed by atoms with Crippen molar-refractivity contribution in [3.63, 3.8) is 0 Å². The molecule has 0 saturated carbocycles. The molecule has 0 bridgehead atoms. The van der Waals surface area contributed by atoms with Crippen LogP contribution < -0.4 is 5.32 Å². The van der Waals surface area contributed by atoms with Gasteiger partial charge in [0.25, 0.3) is 5.91 Å². The van der Waals surface area contributed by atoms with Crippen LogP contribution >= 0.6 is 0 Å². The molecule has 1 aromatic rings. The number of amides is 1. The first-order valence-corrected chi connectivity index (χ1v) is 7.46. The van der Waals surface area contributed by atoms with Gasteiger partial charge < -0.3 is 20.1 Å². The molecular weight excluding hydrogens is 268 g/mol. The first-order valence-electron chi connectivity index (χ1n) is 7.46. The highest BCUT2D eigenvalue weighted by Crippen LogP contribution is 2.23. The number of nitrogens with zero attached hydrogens (tertiary/aromatic N) is 1. The van der Waals surface area contributed by atoms with Gasteiger partial charge in [0, 0.05) is 58.3 Å². The Hall–Kier alpha value is -1.43. The average Bonchev–Trinajstić information content (AvgIpc) is 2.94. The molecule has 2 N–H and O–H groups in total. The maximum absolute atomic E-state index is 12.5. The molecule has 3 rings (SSSR count). The summed E-state index contributed by atoms with van der Waals surface area (Å²) in [6.45, 7) is 3.16. The molecule has 2 aliphatic heterocycles. The van der Waals surface area contributed by atoms with Crippen LogP contribution in [0.2, 0.25) is 0 Å². The third-order valence-corrected chi connectivity index (χ3v) is 4.39. The second-order valence-electron chi connectivity index (χ2n) is 6.08. The van der Waals surface area contributed by atoms with Crippen LogP contribution in [0.5, 0.6) is 0 Å². The highest BCUT2D eigenvalue weighted by atomic mass is 16.5. The van der Waals surface area contributed by atoms with E-state index in [1.54, 1.807) is 11.9 Å². The maximum Gasteiger partial charge on any atom is 0.253 e. The lowest BCUT2D eigenvalue weighted by atomic mass is 9.93. The number of hydrogen-bond acceptors (Lipinski definition) is 4. The zero-order chi connectivity index (χ0) is 14.9. The van der Waals surface area contributed by atoms with Gasteiger partial charge in [-0.1, -0.05) is 6.07 Å². The highest BCUT2D eigenvalue weighted by Gasteiger charge is 2.32. The summed E-state index contributed by atoms with van der Waals surface area (Å²) in [5.41, 5.74) is 2.33. The largest absolute Gasteiger partial charge is 0.388 e. The summed E-state index contributed by atoms with van der Waals surface area (Å²) in [6, 6.07) is 5.85. The molecule has 0 atom stereocenters. The van der Waals surface area contributed by atoms with Gasteiger partial charge in [0.2, 0.25) is 0 Å². The number of rotatable bonds is 3. The van der Waals surface area contributed by atoms with Crippen molar-refractivity contribution in [3.8, 4) is 0 Å². The van der Waals surface area contributed by atoms with Gasteiger partial charge in [0.15, 0.2) is 0 Å². The van der Waals surface area contributed by atoms with Gasteiger partial charge >= 0.3 is 0 Å². The van der Waals surface area contributed by atoms with Crippen molar-refractivity contribution in [3.05, 3.63) is 34.9 Å². The van der Waals surface area contributed by atoms with Crippen molar-refractivity contribution in [1.82, 2.24) is 10.2 Å². The molecule has 1 aromatic carbocycles. The van der Waals surface area contributed by atoms with Crippen molar-refractivity contribution in [1.29, 1.82) is 0 Å². The molecule has 1 fully saturated rings. The smallest absolute Gasteiger partial charge is 0.253 e. The number of hydrogen-bond donors (Lipinski definition) is 2. The summed E-state index contributed by atoms with van der Waals surface area (Å²) in [6.07, 6.45) is 1.16. The minimum Gasteiger partial charge on any atom is -0.388 e. The second kappa shape index (κ2) is 5.75. The van der Waals surface area contributed by atoms with Gasteiger partial charge in [-0.25, -0.2) is 0 Å². The maximum atomic E-state index is 12.5. The van der Waals surface area contributed by atoms with E-state index in [1.807, 2.05) is 18.2 Å². The molecule has 0 aliphatic carbocycles. The topological polar surface area (TPSA) is 61.8 Å². The lowest BCUT2D eigenvalue weighted by molar-refractivity contribution is -0.0734. The Kier molecular flexibility index (Phi) is 3.97. The minimum atomic E-state index is -0.819. The Balaban J connectivity index is 1.69. The number of aliphatic hydroxyl groups is 1. The average molecular weight is 290 g/mol. The van der Waals surface area contributed by atoms with E-state index in [0.717, 1.165) is 13.1 Å². The molecule has 21 heavy (non-hydrogen) atoms. The number of ether oxygens (including phenoxy) is 1. The van der Waals surface area contributed by atoms with Gasteiger partial charge in [-0.3, -0.25) is 4.79 Å². The number of carbonyl (C=O) groups is 1. The van der Waals surface area contributed by atoms with Crippen LogP contribution in [-0.2, 0) is 17.8 Å². The van der Waals surface area contributed by atoms with E-state index < -0.39 is 5.60 Å². The first-order chi connectivity index (χ1) is 10.1. The fourth-order valence-electron chi connectivity index (χ4n) is 3.07. The third-order valence-electron chi connectivity index (χ3n) is 4.39. The molecule has 2 heterocycles. The molecule has 5 nitrogen and oxygen atoms in total. The Morgan fingerprint density at radius 3 is 2.81 bits per heavy atom. The second-order valence-corrected chi connectivity index (χ2v) is 6.08. The SMILES string of the molecule is CN(CC1(O)CCOCC1)C(=O)c1ccc2c(c1)CNC2. The summed E-state index contributed by atoms with van der Waals surface area (Å²) < 4.78 is 5.27. The zero-order valence-corrected chi connectivity index (χ0v) is 12.4. The summed E-state index contributed by atoms with van der Waals surface area (Å²) in [7, 11) is 1.75. The van der Waals surface area contributed by atoms with Crippen molar-refractivity contribution in [2.24, 2.45) is 0 Å². The van der Waals surface area contributed by atoms with E-state index >= 15 is 0 Å². The normalized spacial score (nSPS) is 20.1. The fourth-order valence-corrected chi connectivity index (χ4v) is 3.07. The van der Waals surface area contributed by atoms with Crippen LogP contribution in [0.1, 0.15) is 34.3 Å². The Morgan fingerprint density at radius 2 is 2.05 bits per heavy atom. The van der Waals surface area contributed by atoms with Gasteiger partial charge in [0.1, 0.15) is 0 Å². The summed E-state index contributed by atoms with van der Waals surface area (Å²) in [5, 5.41) is 13.8. The van der Waals surface area contributed by atoms with Crippen LogP contribution in [0.25, 0.3) is 0 Å². The third kappa shape index (κ3) is 3.10. The van der Waals surface area contributed by atoms with Crippen LogP contribution in [0.4, 0.5) is 0 Å². The Morgan fingerprint density at radius 1 is 1.33 bits per heavy atom. The quantitative estimate of drug-likeness (QED) is 0.868. The molecule has 0 unspecified atom stereocenters. The number of carbonyl (C=O) groups excluding carboxylic acids is 1. The summed E-state index contributed by atoms with van der Waals surface area (Å²) >= 11 is 0. The number of benzene rings is 1. The minimum absolute atomic E-state index is 0.0374. The van der Waals surface area contributed by atoms with Crippen LogP contribution in [0, 0.1) is 0 Å². The van der Waals surface area contributed by atoms with Crippen LogP contribution in [-0.4, -0.2) is 48.3 Å². The zero-order valence-electron chi connectivity index (χ0n) is 12.4. The summed E-state index contributed by atoms with van der Waals surface area (Å²) in [5.74, 6) is -0.0374. The van der Waals surface area contributed by atoms with Crippen molar-refractivity contribution >= 4 is 5.91 Å². The van der Waals surface area contributed by atoms with E-state index in [2.05, 4.69) is 5.32 Å². The lowest BCUT2D eigenvalue weighted by Gasteiger charge is -2.35. The molecule has 0 radical (unpaired) electrons. The standard InChI is InChI=1S/C16H22N2O3/c1-18(11-16(20)4-6-21-7-5-16)15(19)12-2-3-13-9-17-10-14(13)8-12/h2-3,8,17,20H,4-7,9-11H2,1H3. The van der Waals surface area contributed by atoms with Crippen molar-refractivity contribution in [2.45, 2.75) is 31.5 Å². The van der Waals surface area contributed by atoms with Gasteiger partial charge in [-0.05, 0) is 23.3 Å². The molecule has 1 saturated heterocycles. The van der Waals surface area contributed by atoms with Crippen molar-refractivity contribution < 1.29 is 14.6 Å². The number of fused-ring (bicyclic) bond motifs is 1.